The molecule has 1 fully saturated rings. The van der Waals surface area contributed by atoms with Crippen LogP contribution in [0.2, 0.25) is 0 Å². The molecule has 114 valence electrons. The van der Waals surface area contributed by atoms with E-state index in [2.05, 4.69) is 5.32 Å². The number of likely N-dealkylation sites (tertiary alicyclic amines) is 1. The van der Waals surface area contributed by atoms with Gasteiger partial charge in [0, 0.05) is 13.0 Å². The Hall–Kier alpha value is -1.67. The van der Waals surface area contributed by atoms with Crippen molar-refractivity contribution >= 4 is 17.7 Å². The van der Waals surface area contributed by atoms with Gasteiger partial charge in [-0.3, -0.25) is 14.4 Å². The third-order valence-electron chi connectivity index (χ3n) is 3.36. The number of hydrogen-bond acceptors (Lipinski definition) is 5. The summed E-state index contributed by atoms with van der Waals surface area (Å²) in [6.07, 6.45) is -0.648. The van der Waals surface area contributed by atoms with E-state index in [1.54, 1.807) is 13.8 Å². The lowest BCUT2D eigenvalue weighted by molar-refractivity contribution is -0.138. The minimum absolute atomic E-state index is 0.0402. The lowest BCUT2D eigenvalue weighted by Crippen LogP contribution is -2.50. The Morgan fingerprint density at radius 2 is 2.00 bits per heavy atom. The fraction of sp³-hybridized carbons (Fsp3) is 0.750. The van der Waals surface area contributed by atoms with Gasteiger partial charge in [0.15, 0.2) is 0 Å². The number of amides is 3. The predicted molar refractivity (Wildman–Crippen MR) is 71.1 cm³/mol. The Labute approximate surface area is 117 Å². The molecule has 0 aliphatic carbocycles. The van der Waals surface area contributed by atoms with Crippen molar-refractivity contribution in [3.8, 4) is 0 Å². The SMILES string of the molecule is CC(C)[C@H](N)C(=O)NCC(=O)N1CC(O)CC1C(N)=O. The smallest absolute Gasteiger partial charge is 0.242 e. The second-order valence-electron chi connectivity index (χ2n) is 5.34. The largest absolute Gasteiger partial charge is 0.391 e. The van der Waals surface area contributed by atoms with Crippen LogP contribution in [0.15, 0.2) is 0 Å². The summed E-state index contributed by atoms with van der Waals surface area (Å²) in [7, 11) is 0. The average Bonchev–Trinajstić information content (AvgIpc) is 2.76. The van der Waals surface area contributed by atoms with E-state index in [1.165, 1.54) is 4.90 Å². The van der Waals surface area contributed by atoms with Gasteiger partial charge >= 0.3 is 0 Å². The third-order valence-corrected chi connectivity index (χ3v) is 3.36. The number of nitrogens with zero attached hydrogens (tertiary/aromatic N) is 1. The molecule has 1 heterocycles. The van der Waals surface area contributed by atoms with Gasteiger partial charge in [-0.15, -0.1) is 0 Å². The van der Waals surface area contributed by atoms with Gasteiger partial charge in [-0.2, -0.15) is 0 Å². The number of rotatable bonds is 5. The van der Waals surface area contributed by atoms with Crippen molar-refractivity contribution in [1.29, 1.82) is 0 Å². The molecule has 3 amide bonds. The van der Waals surface area contributed by atoms with Crippen molar-refractivity contribution in [1.82, 2.24) is 10.2 Å². The molecule has 1 saturated heterocycles. The summed E-state index contributed by atoms with van der Waals surface area (Å²) in [4.78, 5) is 36.0. The summed E-state index contributed by atoms with van der Waals surface area (Å²) in [5, 5.41) is 11.9. The van der Waals surface area contributed by atoms with Gasteiger partial charge in [0.05, 0.1) is 18.7 Å². The molecule has 0 bridgehead atoms. The first-order valence-corrected chi connectivity index (χ1v) is 6.54. The number of carbonyl (C=O) groups is 3. The van der Waals surface area contributed by atoms with Crippen LogP contribution in [0.4, 0.5) is 0 Å². The first-order chi connectivity index (χ1) is 9.23. The first kappa shape index (κ1) is 16.4. The zero-order valence-corrected chi connectivity index (χ0v) is 11.7. The highest BCUT2D eigenvalue weighted by molar-refractivity contribution is 5.91. The van der Waals surface area contributed by atoms with Crippen molar-refractivity contribution in [3.63, 3.8) is 0 Å². The highest BCUT2D eigenvalue weighted by Crippen LogP contribution is 2.17. The second kappa shape index (κ2) is 6.67. The highest BCUT2D eigenvalue weighted by Gasteiger charge is 2.37. The van der Waals surface area contributed by atoms with Gasteiger partial charge < -0.3 is 26.8 Å². The molecule has 0 radical (unpaired) electrons. The molecule has 0 aromatic heterocycles. The number of aliphatic hydroxyl groups excluding tert-OH is 1. The molecule has 0 saturated carbocycles. The van der Waals surface area contributed by atoms with Crippen LogP contribution >= 0.6 is 0 Å². The predicted octanol–water partition coefficient (Wildman–Crippen LogP) is -2.47. The standard InChI is InChI=1S/C12H22N4O4/c1-6(2)10(13)12(20)15-4-9(18)16-5-7(17)3-8(16)11(14)19/h6-8,10,17H,3-5,13H2,1-2H3,(H2,14,19)(H,15,20)/t7?,8?,10-/m0/s1. The van der Waals surface area contributed by atoms with Crippen LogP contribution in [-0.2, 0) is 14.4 Å². The van der Waals surface area contributed by atoms with Crippen LogP contribution in [0.1, 0.15) is 20.3 Å². The van der Waals surface area contributed by atoms with Crippen molar-refractivity contribution in [2.24, 2.45) is 17.4 Å². The monoisotopic (exact) mass is 286 g/mol. The Balaban J connectivity index is 2.54. The summed E-state index contributed by atoms with van der Waals surface area (Å²) in [6, 6.07) is -1.52. The Morgan fingerprint density at radius 1 is 1.40 bits per heavy atom. The molecule has 2 unspecified atom stereocenters. The van der Waals surface area contributed by atoms with Gasteiger partial charge in [0.25, 0.3) is 0 Å². The third kappa shape index (κ3) is 3.91. The topological polar surface area (TPSA) is 139 Å². The van der Waals surface area contributed by atoms with E-state index in [-0.39, 0.29) is 25.4 Å². The number of primary amides is 1. The van der Waals surface area contributed by atoms with E-state index >= 15 is 0 Å². The van der Waals surface area contributed by atoms with Crippen LogP contribution in [0.3, 0.4) is 0 Å². The summed E-state index contributed by atoms with van der Waals surface area (Å²) in [5.74, 6) is -1.60. The van der Waals surface area contributed by atoms with Gasteiger partial charge in [-0.1, -0.05) is 13.8 Å². The van der Waals surface area contributed by atoms with E-state index < -0.39 is 35.9 Å². The lowest BCUT2D eigenvalue weighted by atomic mass is 10.1. The number of hydrogen-bond donors (Lipinski definition) is 4. The van der Waals surface area contributed by atoms with Crippen LogP contribution in [-0.4, -0.2) is 59.0 Å². The van der Waals surface area contributed by atoms with E-state index in [0.29, 0.717) is 0 Å². The zero-order valence-electron chi connectivity index (χ0n) is 11.7. The fourth-order valence-corrected chi connectivity index (χ4v) is 2.04. The van der Waals surface area contributed by atoms with Gasteiger partial charge in [-0.25, -0.2) is 0 Å². The first-order valence-electron chi connectivity index (χ1n) is 6.54. The summed E-state index contributed by atoms with van der Waals surface area (Å²) in [6.45, 7) is 3.37. The molecule has 0 spiro atoms. The zero-order chi connectivity index (χ0) is 15.4. The van der Waals surface area contributed by atoms with Crippen molar-refractivity contribution in [2.75, 3.05) is 13.1 Å². The molecule has 1 aliphatic rings. The maximum absolute atomic E-state index is 12.0. The highest BCUT2D eigenvalue weighted by atomic mass is 16.3. The summed E-state index contributed by atoms with van der Waals surface area (Å²) >= 11 is 0. The van der Waals surface area contributed by atoms with Crippen LogP contribution < -0.4 is 16.8 Å². The number of β-amino-alcohol motifs (C(OH)–C–C–N with tert-alkyl or cyclic N) is 1. The molecule has 1 rings (SSSR count). The quantitative estimate of drug-likeness (QED) is 0.443. The van der Waals surface area contributed by atoms with Crippen molar-refractivity contribution in [2.45, 2.75) is 38.5 Å². The number of carbonyl (C=O) groups excluding carboxylic acids is 3. The van der Waals surface area contributed by atoms with Gasteiger partial charge in [0.1, 0.15) is 6.04 Å². The normalized spacial score (nSPS) is 23.8. The Kier molecular flexibility index (Phi) is 5.46. The van der Waals surface area contributed by atoms with E-state index in [4.69, 9.17) is 11.5 Å². The molecule has 3 atom stereocenters. The second-order valence-corrected chi connectivity index (χ2v) is 5.34. The minimum atomic E-state index is -0.826. The molecule has 0 aromatic carbocycles. The molecule has 20 heavy (non-hydrogen) atoms. The lowest BCUT2D eigenvalue weighted by Gasteiger charge is -2.22. The minimum Gasteiger partial charge on any atom is -0.391 e. The van der Waals surface area contributed by atoms with Gasteiger partial charge in [0.2, 0.25) is 17.7 Å². The van der Waals surface area contributed by atoms with Crippen molar-refractivity contribution in [3.05, 3.63) is 0 Å². The Morgan fingerprint density at radius 3 is 2.50 bits per heavy atom. The molecule has 0 aromatic rings. The summed E-state index contributed by atoms with van der Waals surface area (Å²) < 4.78 is 0. The maximum atomic E-state index is 12.0. The fourth-order valence-electron chi connectivity index (χ4n) is 2.04. The molecule has 8 nitrogen and oxygen atoms in total. The van der Waals surface area contributed by atoms with Crippen LogP contribution in [0, 0.1) is 5.92 Å². The van der Waals surface area contributed by atoms with E-state index in [0.717, 1.165) is 0 Å². The molecule has 8 heteroatoms. The van der Waals surface area contributed by atoms with Crippen LogP contribution in [0.5, 0.6) is 0 Å². The summed E-state index contributed by atoms with van der Waals surface area (Å²) in [5.41, 5.74) is 10.8. The molecule has 6 N–H and O–H groups in total. The Bertz CT molecular complexity index is 399. The van der Waals surface area contributed by atoms with E-state index in [1.807, 2.05) is 0 Å². The molecular weight excluding hydrogens is 264 g/mol. The van der Waals surface area contributed by atoms with Crippen LogP contribution in [0.25, 0.3) is 0 Å². The van der Waals surface area contributed by atoms with E-state index in [9.17, 15) is 19.5 Å². The molecular formula is C12H22N4O4. The number of nitrogens with one attached hydrogen (secondary N) is 1. The molecule has 1 aliphatic heterocycles. The van der Waals surface area contributed by atoms with Gasteiger partial charge in [-0.05, 0) is 5.92 Å². The maximum Gasteiger partial charge on any atom is 0.242 e. The van der Waals surface area contributed by atoms with Crippen molar-refractivity contribution < 1.29 is 19.5 Å². The number of aliphatic hydroxyl groups is 1. The number of nitrogens with two attached hydrogens (primary N) is 2. The average molecular weight is 286 g/mol.